The summed E-state index contributed by atoms with van der Waals surface area (Å²) in [5.41, 5.74) is 4.81. The third-order valence-corrected chi connectivity index (χ3v) is 2.38. The monoisotopic (exact) mass is 194 g/mol. The number of hydrogen-bond donors (Lipinski definition) is 0. The van der Waals surface area contributed by atoms with Crippen molar-refractivity contribution in [3.05, 3.63) is 59.7 Å². The van der Waals surface area contributed by atoms with Crippen LogP contribution in [0.2, 0.25) is 0 Å². The van der Waals surface area contributed by atoms with Crippen LogP contribution in [0.25, 0.3) is 11.1 Å². The van der Waals surface area contributed by atoms with Gasteiger partial charge < -0.3 is 0 Å². The number of benzene rings is 2. The summed E-state index contributed by atoms with van der Waals surface area (Å²) < 4.78 is 0. The van der Waals surface area contributed by atoms with Crippen LogP contribution in [0.5, 0.6) is 0 Å². The maximum Gasteiger partial charge on any atom is 1.00 e. The Morgan fingerprint density at radius 2 is 1.12 bits per heavy atom. The summed E-state index contributed by atoms with van der Waals surface area (Å²) in [4.78, 5) is 0. The Balaban J connectivity index is 0.00000112. The third kappa shape index (κ3) is 3.31. The summed E-state index contributed by atoms with van der Waals surface area (Å²) in [5.74, 6) is 0. The Hall–Kier alpha value is -0.365. The van der Waals surface area contributed by atoms with Crippen molar-refractivity contribution in [2.24, 2.45) is 0 Å². The molecule has 0 amide bonds. The molecule has 0 atom stereocenters. The topological polar surface area (TPSA) is 0 Å². The van der Waals surface area contributed by atoms with Gasteiger partial charge in [0, 0.05) is 0 Å². The van der Waals surface area contributed by atoms with E-state index in [1.807, 2.05) is 24.3 Å². The number of hydrogen-bond acceptors (Lipinski definition) is 0. The molecule has 2 aromatic carbocycles. The Morgan fingerprint density at radius 1 is 0.750 bits per heavy atom. The van der Waals surface area contributed by atoms with Gasteiger partial charge in [0.05, 0.1) is 0 Å². The summed E-state index contributed by atoms with van der Waals surface area (Å²) in [5, 5.41) is 0. The molecule has 0 radical (unpaired) electrons. The van der Waals surface area contributed by atoms with Gasteiger partial charge in [-0.3, -0.25) is 0 Å². The molecule has 0 spiro atoms. The van der Waals surface area contributed by atoms with Crippen LogP contribution in [-0.2, 0) is 0 Å². The minimum absolute atomic E-state index is 0. The quantitative estimate of drug-likeness (QED) is 0.350. The molecule has 0 fully saturated rings. The van der Waals surface area contributed by atoms with Crippen molar-refractivity contribution in [1.29, 1.82) is 0 Å². The summed E-state index contributed by atoms with van der Waals surface area (Å²) in [6.45, 7) is 4.21. The molecule has 70 valence electrons. The average Bonchev–Trinajstić information content (AvgIpc) is 2.20. The summed E-state index contributed by atoms with van der Waals surface area (Å²) in [6, 6.07) is 18.6. The molecule has 2 rings (SSSR count). The van der Waals surface area contributed by atoms with Gasteiger partial charge in [-0.15, -0.1) is 12.1 Å². The van der Waals surface area contributed by atoms with Crippen LogP contribution in [-0.4, -0.2) is 0 Å². The van der Waals surface area contributed by atoms with E-state index in [2.05, 4.69) is 38.1 Å². The standard InChI is InChI=1S/C14H12.2Li/c1-11-7-3-5-9-13(11)14-10-6-4-8-12(14)2;;/h3-8H,1-2H3;;/q-2;2*+1. The van der Waals surface area contributed by atoms with Crippen LogP contribution in [0.15, 0.2) is 36.4 Å². The maximum atomic E-state index is 3.26. The van der Waals surface area contributed by atoms with Gasteiger partial charge >= 0.3 is 37.7 Å². The molecular formula is C14H12Li2. The van der Waals surface area contributed by atoms with Crippen molar-refractivity contribution in [2.75, 3.05) is 0 Å². The fourth-order valence-corrected chi connectivity index (χ4v) is 1.58. The fraction of sp³-hybridized carbons (Fsp3) is 0.143. The SMILES string of the molecule is Cc1ccc[c-]c1-c1[c-]cccc1C.[Li+].[Li+]. The normalized spacial score (nSPS) is 8.88. The first-order valence-electron chi connectivity index (χ1n) is 4.74. The zero-order valence-electron chi connectivity index (χ0n) is 10.5. The van der Waals surface area contributed by atoms with Crippen molar-refractivity contribution >= 4 is 0 Å². The van der Waals surface area contributed by atoms with E-state index in [1.165, 1.54) is 11.1 Å². The van der Waals surface area contributed by atoms with Gasteiger partial charge in [-0.25, -0.2) is 11.1 Å². The maximum absolute atomic E-state index is 3.26. The molecule has 0 N–H and O–H groups in total. The molecule has 0 unspecified atom stereocenters. The second-order valence-corrected chi connectivity index (χ2v) is 3.46. The Bertz CT molecular complexity index is 406. The molecule has 0 aliphatic heterocycles. The predicted molar refractivity (Wildman–Crippen MR) is 59.0 cm³/mol. The first-order chi connectivity index (χ1) is 6.79. The second-order valence-electron chi connectivity index (χ2n) is 3.46. The smallest absolute Gasteiger partial charge is 0.223 e. The van der Waals surface area contributed by atoms with Crippen LogP contribution < -0.4 is 37.7 Å². The van der Waals surface area contributed by atoms with Crippen LogP contribution in [0, 0.1) is 26.0 Å². The van der Waals surface area contributed by atoms with Crippen molar-refractivity contribution in [2.45, 2.75) is 13.8 Å². The van der Waals surface area contributed by atoms with E-state index in [4.69, 9.17) is 0 Å². The fourth-order valence-electron chi connectivity index (χ4n) is 1.58. The minimum Gasteiger partial charge on any atom is -0.223 e. The third-order valence-electron chi connectivity index (χ3n) is 2.38. The van der Waals surface area contributed by atoms with Crippen molar-refractivity contribution in [3.8, 4) is 11.1 Å². The molecular weight excluding hydrogens is 182 g/mol. The van der Waals surface area contributed by atoms with Crippen LogP contribution in [0.3, 0.4) is 0 Å². The second kappa shape index (κ2) is 7.06. The van der Waals surface area contributed by atoms with Crippen molar-refractivity contribution in [1.82, 2.24) is 0 Å². The molecule has 0 aliphatic carbocycles. The summed E-state index contributed by atoms with van der Waals surface area (Å²) in [7, 11) is 0. The van der Waals surface area contributed by atoms with E-state index in [1.54, 1.807) is 0 Å². The van der Waals surface area contributed by atoms with E-state index in [0.29, 0.717) is 0 Å². The summed E-state index contributed by atoms with van der Waals surface area (Å²) in [6.07, 6.45) is 0. The van der Waals surface area contributed by atoms with Crippen LogP contribution in [0.1, 0.15) is 11.1 Å². The average molecular weight is 194 g/mol. The molecule has 0 bridgehead atoms. The molecule has 0 saturated carbocycles. The van der Waals surface area contributed by atoms with Crippen molar-refractivity contribution < 1.29 is 37.7 Å². The van der Waals surface area contributed by atoms with E-state index < -0.39 is 0 Å². The molecule has 0 heterocycles. The Kier molecular flexibility index (Phi) is 6.90. The molecule has 0 aromatic heterocycles. The predicted octanol–water partition coefficient (Wildman–Crippen LogP) is -2.42. The zero-order chi connectivity index (χ0) is 9.97. The van der Waals surface area contributed by atoms with E-state index in [-0.39, 0.29) is 37.7 Å². The van der Waals surface area contributed by atoms with Gasteiger partial charge in [-0.05, 0) is 0 Å². The minimum atomic E-state index is 0. The van der Waals surface area contributed by atoms with Gasteiger partial charge in [-0.2, -0.15) is 47.5 Å². The van der Waals surface area contributed by atoms with E-state index in [0.717, 1.165) is 11.1 Å². The first-order valence-corrected chi connectivity index (χ1v) is 4.74. The van der Waals surface area contributed by atoms with Gasteiger partial charge in [0.1, 0.15) is 0 Å². The van der Waals surface area contributed by atoms with Gasteiger partial charge in [0.2, 0.25) is 0 Å². The molecule has 2 heteroatoms. The van der Waals surface area contributed by atoms with Gasteiger partial charge in [0.25, 0.3) is 0 Å². The number of rotatable bonds is 1. The molecule has 0 aliphatic rings. The van der Waals surface area contributed by atoms with E-state index >= 15 is 0 Å². The zero-order valence-corrected chi connectivity index (χ0v) is 10.5. The van der Waals surface area contributed by atoms with Gasteiger partial charge in [0.15, 0.2) is 0 Å². The largest absolute Gasteiger partial charge is 1.00 e. The summed E-state index contributed by atoms with van der Waals surface area (Å²) >= 11 is 0. The van der Waals surface area contributed by atoms with Crippen LogP contribution in [0.4, 0.5) is 0 Å². The van der Waals surface area contributed by atoms with Crippen molar-refractivity contribution in [3.63, 3.8) is 0 Å². The molecule has 0 nitrogen and oxygen atoms in total. The Morgan fingerprint density at radius 3 is 1.44 bits per heavy atom. The van der Waals surface area contributed by atoms with Gasteiger partial charge in [-0.1, -0.05) is 13.8 Å². The molecule has 0 saturated heterocycles. The Labute approximate surface area is 122 Å². The molecule has 2 aromatic rings. The van der Waals surface area contributed by atoms with E-state index in [9.17, 15) is 0 Å². The molecule has 16 heavy (non-hydrogen) atoms. The van der Waals surface area contributed by atoms with Crippen LogP contribution >= 0.6 is 0 Å². The number of aryl methyl sites for hydroxylation is 2. The first kappa shape index (κ1) is 15.6.